The zero-order chi connectivity index (χ0) is 12.2. The van der Waals surface area contributed by atoms with Gasteiger partial charge >= 0.3 is 6.18 Å². The second-order valence-electron chi connectivity index (χ2n) is 4.39. The average molecular weight is 240 g/mol. The second kappa shape index (κ2) is 5.33. The third kappa shape index (κ3) is 3.92. The Morgan fingerprint density at radius 3 is 2.31 bits per heavy atom. The molecule has 0 aromatic carbocycles. The van der Waals surface area contributed by atoms with Crippen LogP contribution in [0.2, 0.25) is 0 Å². The molecule has 0 aliphatic heterocycles. The minimum atomic E-state index is -4.18. The van der Waals surface area contributed by atoms with E-state index in [-0.39, 0.29) is 12.6 Å². The topological polar surface area (TPSA) is 47.3 Å². The third-order valence-corrected chi connectivity index (χ3v) is 3.28. The second-order valence-corrected chi connectivity index (χ2v) is 4.39. The van der Waals surface area contributed by atoms with Gasteiger partial charge in [-0.3, -0.25) is 0 Å². The SMILES string of the molecule is COC1CCC(CN)(NCC(F)(F)F)CC1. The van der Waals surface area contributed by atoms with Crippen molar-refractivity contribution < 1.29 is 17.9 Å². The summed E-state index contributed by atoms with van der Waals surface area (Å²) in [4.78, 5) is 0. The van der Waals surface area contributed by atoms with Crippen molar-refractivity contribution in [2.24, 2.45) is 5.73 Å². The molecule has 1 aliphatic rings. The van der Waals surface area contributed by atoms with Crippen LogP contribution in [0.5, 0.6) is 0 Å². The van der Waals surface area contributed by atoms with E-state index in [4.69, 9.17) is 10.5 Å². The molecule has 96 valence electrons. The number of rotatable bonds is 4. The Balaban J connectivity index is 2.46. The highest BCUT2D eigenvalue weighted by Gasteiger charge is 2.37. The number of methoxy groups -OCH3 is 1. The van der Waals surface area contributed by atoms with Gasteiger partial charge in [-0.15, -0.1) is 0 Å². The zero-order valence-corrected chi connectivity index (χ0v) is 9.44. The van der Waals surface area contributed by atoms with Gasteiger partial charge in [-0.2, -0.15) is 13.2 Å². The van der Waals surface area contributed by atoms with Crippen molar-refractivity contribution >= 4 is 0 Å². The number of alkyl halides is 3. The Bertz CT molecular complexity index is 213. The lowest BCUT2D eigenvalue weighted by molar-refractivity contribution is -0.130. The molecular weight excluding hydrogens is 221 g/mol. The molecule has 16 heavy (non-hydrogen) atoms. The molecule has 6 heteroatoms. The Hall–Kier alpha value is -0.330. The van der Waals surface area contributed by atoms with E-state index in [1.165, 1.54) is 0 Å². The lowest BCUT2D eigenvalue weighted by Gasteiger charge is -2.40. The molecule has 0 saturated heterocycles. The molecule has 0 radical (unpaired) electrons. The van der Waals surface area contributed by atoms with Crippen molar-refractivity contribution in [3.63, 3.8) is 0 Å². The maximum atomic E-state index is 12.1. The van der Waals surface area contributed by atoms with Crippen molar-refractivity contribution in [3.8, 4) is 0 Å². The number of hydrogen-bond donors (Lipinski definition) is 2. The third-order valence-electron chi connectivity index (χ3n) is 3.28. The molecule has 0 aromatic rings. The highest BCUT2D eigenvalue weighted by Crippen LogP contribution is 2.29. The first-order valence-corrected chi connectivity index (χ1v) is 5.45. The molecule has 1 saturated carbocycles. The largest absolute Gasteiger partial charge is 0.401 e. The molecule has 0 spiro atoms. The molecule has 1 fully saturated rings. The standard InChI is InChI=1S/C10H19F3N2O/c1-16-8-2-4-9(6-14,5-3-8)15-7-10(11,12)13/h8,15H,2-7,14H2,1H3. The van der Waals surface area contributed by atoms with E-state index in [1.807, 2.05) is 0 Å². The Morgan fingerprint density at radius 1 is 1.38 bits per heavy atom. The van der Waals surface area contributed by atoms with Crippen LogP contribution in [0.1, 0.15) is 25.7 Å². The highest BCUT2D eigenvalue weighted by atomic mass is 19.4. The summed E-state index contributed by atoms with van der Waals surface area (Å²) in [6.07, 6.45) is -1.22. The summed E-state index contributed by atoms with van der Waals surface area (Å²) >= 11 is 0. The molecular formula is C10H19F3N2O. The summed E-state index contributed by atoms with van der Waals surface area (Å²) in [6.45, 7) is -0.735. The minimum absolute atomic E-state index is 0.160. The fourth-order valence-electron chi connectivity index (χ4n) is 2.12. The quantitative estimate of drug-likeness (QED) is 0.781. The molecule has 0 amide bonds. The number of ether oxygens (including phenoxy) is 1. The van der Waals surface area contributed by atoms with Gasteiger partial charge < -0.3 is 15.8 Å². The minimum Gasteiger partial charge on any atom is -0.381 e. The van der Waals surface area contributed by atoms with E-state index < -0.39 is 18.3 Å². The van der Waals surface area contributed by atoms with Gasteiger partial charge in [0.2, 0.25) is 0 Å². The Morgan fingerprint density at radius 2 is 1.94 bits per heavy atom. The van der Waals surface area contributed by atoms with E-state index in [9.17, 15) is 13.2 Å². The van der Waals surface area contributed by atoms with Crippen molar-refractivity contribution in [2.75, 3.05) is 20.2 Å². The van der Waals surface area contributed by atoms with Gasteiger partial charge in [-0.1, -0.05) is 0 Å². The first-order chi connectivity index (χ1) is 7.41. The fourth-order valence-corrected chi connectivity index (χ4v) is 2.12. The van der Waals surface area contributed by atoms with Crippen LogP contribution in [0.25, 0.3) is 0 Å². The van der Waals surface area contributed by atoms with Crippen LogP contribution < -0.4 is 11.1 Å². The van der Waals surface area contributed by atoms with E-state index in [0.29, 0.717) is 12.8 Å². The predicted octanol–water partition coefficient (Wildman–Crippen LogP) is 1.42. The molecule has 0 heterocycles. The summed E-state index contributed by atoms with van der Waals surface area (Å²) in [6, 6.07) is 0. The van der Waals surface area contributed by atoms with Crippen molar-refractivity contribution in [3.05, 3.63) is 0 Å². The summed E-state index contributed by atoms with van der Waals surface area (Å²) in [5, 5.41) is 2.56. The van der Waals surface area contributed by atoms with Gasteiger partial charge in [-0.25, -0.2) is 0 Å². The summed E-state index contributed by atoms with van der Waals surface area (Å²) in [5.74, 6) is 0. The van der Waals surface area contributed by atoms with Gasteiger partial charge in [0.15, 0.2) is 0 Å². The number of nitrogens with two attached hydrogens (primary N) is 1. The molecule has 3 nitrogen and oxygen atoms in total. The zero-order valence-electron chi connectivity index (χ0n) is 9.44. The van der Waals surface area contributed by atoms with E-state index in [2.05, 4.69) is 5.32 Å². The average Bonchev–Trinajstić information content (AvgIpc) is 2.26. The Kier molecular flexibility index (Phi) is 4.58. The van der Waals surface area contributed by atoms with E-state index in [0.717, 1.165) is 12.8 Å². The first kappa shape index (κ1) is 13.7. The summed E-state index contributed by atoms with van der Waals surface area (Å²) in [5.41, 5.74) is 5.02. The van der Waals surface area contributed by atoms with Crippen LogP contribution in [0.4, 0.5) is 13.2 Å². The molecule has 0 unspecified atom stereocenters. The maximum Gasteiger partial charge on any atom is 0.401 e. The molecule has 0 atom stereocenters. The Labute approximate surface area is 93.5 Å². The molecule has 1 aliphatic carbocycles. The van der Waals surface area contributed by atoms with Crippen LogP contribution in [-0.2, 0) is 4.74 Å². The predicted molar refractivity (Wildman–Crippen MR) is 55.1 cm³/mol. The lowest BCUT2D eigenvalue weighted by Crippen LogP contribution is -2.56. The van der Waals surface area contributed by atoms with Gasteiger partial charge in [0.1, 0.15) is 0 Å². The van der Waals surface area contributed by atoms with Crippen LogP contribution in [-0.4, -0.2) is 38.0 Å². The molecule has 3 N–H and O–H groups in total. The van der Waals surface area contributed by atoms with Crippen LogP contribution in [0.3, 0.4) is 0 Å². The van der Waals surface area contributed by atoms with Crippen LogP contribution in [0, 0.1) is 0 Å². The smallest absolute Gasteiger partial charge is 0.381 e. The molecule has 0 bridgehead atoms. The van der Waals surface area contributed by atoms with Crippen LogP contribution in [0.15, 0.2) is 0 Å². The van der Waals surface area contributed by atoms with Crippen LogP contribution >= 0.6 is 0 Å². The van der Waals surface area contributed by atoms with Crippen molar-refractivity contribution in [2.45, 2.75) is 43.5 Å². The fraction of sp³-hybridized carbons (Fsp3) is 1.00. The van der Waals surface area contributed by atoms with Crippen molar-refractivity contribution in [1.29, 1.82) is 0 Å². The van der Waals surface area contributed by atoms with Gasteiger partial charge in [-0.05, 0) is 25.7 Å². The van der Waals surface area contributed by atoms with Gasteiger partial charge in [0, 0.05) is 19.2 Å². The number of nitrogens with one attached hydrogen (secondary N) is 1. The van der Waals surface area contributed by atoms with E-state index in [1.54, 1.807) is 7.11 Å². The van der Waals surface area contributed by atoms with Gasteiger partial charge in [0.25, 0.3) is 0 Å². The highest BCUT2D eigenvalue weighted by molar-refractivity contribution is 4.94. The maximum absolute atomic E-state index is 12.1. The lowest BCUT2D eigenvalue weighted by atomic mass is 9.80. The van der Waals surface area contributed by atoms with E-state index >= 15 is 0 Å². The number of hydrogen-bond acceptors (Lipinski definition) is 3. The summed E-state index contributed by atoms with van der Waals surface area (Å²) < 4.78 is 41.6. The monoisotopic (exact) mass is 240 g/mol. The normalized spacial score (nSPS) is 31.7. The van der Waals surface area contributed by atoms with Crippen molar-refractivity contribution in [1.82, 2.24) is 5.32 Å². The first-order valence-electron chi connectivity index (χ1n) is 5.45. The molecule has 1 rings (SSSR count). The molecule has 0 aromatic heterocycles. The number of halogens is 3. The van der Waals surface area contributed by atoms with Gasteiger partial charge in [0.05, 0.1) is 12.6 Å². The summed E-state index contributed by atoms with van der Waals surface area (Å²) in [7, 11) is 1.63.